The lowest BCUT2D eigenvalue weighted by molar-refractivity contribution is -0.138. The Bertz CT molecular complexity index is 210. The van der Waals surface area contributed by atoms with E-state index in [4.69, 9.17) is 27.9 Å². The molecule has 0 saturated carbocycles. The summed E-state index contributed by atoms with van der Waals surface area (Å²) in [7, 11) is 0. The first kappa shape index (κ1) is 12.8. The number of hydrogen-bond donors (Lipinski definition) is 0. The molecule has 0 heterocycles. The third kappa shape index (κ3) is 3.20. The third-order valence-corrected chi connectivity index (χ3v) is 2.98. The van der Waals surface area contributed by atoms with Gasteiger partial charge in [0.05, 0.1) is 12.2 Å². The highest BCUT2D eigenvalue weighted by atomic mass is 35.5. The van der Waals surface area contributed by atoms with Crippen LogP contribution in [0.4, 0.5) is 0 Å². The zero-order valence-corrected chi connectivity index (χ0v) is 9.58. The van der Waals surface area contributed by atoms with Crippen molar-refractivity contribution in [3.05, 3.63) is 12.2 Å². The number of rotatable bonds is 4. The Morgan fingerprint density at radius 3 is 2.31 bits per heavy atom. The smallest absolute Gasteiger partial charge is 0.336 e. The third-order valence-electron chi connectivity index (χ3n) is 1.65. The summed E-state index contributed by atoms with van der Waals surface area (Å²) in [6.07, 6.45) is 0. The molecule has 0 aliphatic rings. The van der Waals surface area contributed by atoms with Crippen LogP contribution in [0, 0.1) is 5.92 Å². The SMILES string of the molecule is C=C(C(=O)OCC)C(Cl)(Cl)C(C)C. The van der Waals surface area contributed by atoms with Crippen LogP contribution < -0.4 is 0 Å². The lowest BCUT2D eigenvalue weighted by Crippen LogP contribution is -2.29. The van der Waals surface area contributed by atoms with Crippen LogP contribution in [0.25, 0.3) is 0 Å². The topological polar surface area (TPSA) is 26.3 Å². The summed E-state index contributed by atoms with van der Waals surface area (Å²) in [5.74, 6) is -0.631. The number of carbonyl (C=O) groups excluding carboxylic acids is 1. The van der Waals surface area contributed by atoms with Crippen LogP contribution in [0.3, 0.4) is 0 Å². The van der Waals surface area contributed by atoms with Crippen LogP contribution in [0.1, 0.15) is 20.8 Å². The Hall–Kier alpha value is -0.210. The predicted octanol–water partition coefficient (Wildman–Crippen LogP) is 2.94. The molecule has 0 radical (unpaired) electrons. The first-order chi connectivity index (χ1) is 5.84. The summed E-state index contributed by atoms with van der Waals surface area (Å²) < 4.78 is 3.49. The molecule has 0 unspecified atom stereocenters. The fourth-order valence-electron chi connectivity index (χ4n) is 0.703. The van der Waals surface area contributed by atoms with Crippen LogP contribution in [0.15, 0.2) is 12.2 Å². The number of hydrogen-bond acceptors (Lipinski definition) is 2. The van der Waals surface area contributed by atoms with Gasteiger partial charge in [0.25, 0.3) is 0 Å². The van der Waals surface area contributed by atoms with Gasteiger partial charge in [0.2, 0.25) is 0 Å². The largest absolute Gasteiger partial charge is 0.463 e. The minimum atomic E-state index is -1.24. The highest BCUT2D eigenvalue weighted by Crippen LogP contribution is 2.37. The first-order valence-electron chi connectivity index (χ1n) is 4.08. The molecule has 76 valence electrons. The van der Waals surface area contributed by atoms with E-state index in [1.807, 2.05) is 13.8 Å². The molecule has 0 aromatic carbocycles. The molecule has 0 rings (SSSR count). The van der Waals surface area contributed by atoms with Gasteiger partial charge >= 0.3 is 5.97 Å². The summed E-state index contributed by atoms with van der Waals surface area (Å²) in [6.45, 7) is 9.15. The molecule has 13 heavy (non-hydrogen) atoms. The molecule has 0 bridgehead atoms. The van der Waals surface area contributed by atoms with Gasteiger partial charge in [0, 0.05) is 0 Å². The van der Waals surface area contributed by atoms with Crippen LogP contribution >= 0.6 is 23.2 Å². The van der Waals surface area contributed by atoms with Crippen molar-refractivity contribution in [1.29, 1.82) is 0 Å². The van der Waals surface area contributed by atoms with Crippen LogP contribution in [0.5, 0.6) is 0 Å². The van der Waals surface area contributed by atoms with Crippen molar-refractivity contribution in [2.24, 2.45) is 5.92 Å². The molecule has 0 atom stereocenters. The maximum atomic E-state index is 11.2. The Morgan fingerprint density at radius 1 is 1.54 bits per heavy atom. The number of ether oxygens (including phenoxy) is 1. The molecule has 0 saturated heterocycles. The van der Waals surface area contributed by atoms with E-state index in [9.17, 15) is 4.79 Å². The molecule has 0 aromatic rings. The minimum Gasteiger partial charge on any atom is -0.463 e. The monoisotopic (exact) mass is 224 g/mol. The Balaban J connectivity index is 4.50. The Labute approximate surface area is 88.9 Å². The highest BCUT2D eigenvalue weighted by molar-refractivity contribution is 6.52. The van der Waals surface area contributed by atoms with Crippen molar-refractivity contribution in [2.75, 3.05) is 6.61 Å². The summed E-state index contributed by atoms with van der Waals surface area (Å²) in [5.41, 5.74) is 0.0904. The van der Waals surface area contributed by atoms with Crippen molar-refractivity contribution in [2.45, 2.75) is 25.1 Å². The van der Waals surface area contributed by atoms with Gasteiger partial charge in [-0.15, -0.1) is 0 Å². The van der Waals surface area contributed by atoms with Gasteiger partial charge in [-0.1, -0.05) is 43.6 Å². The van der Waals surface area contributed by atoms with Gasteiger partial charge in [-0.25, -0.2) is 4.79 Å². The molecule has 0 aromatic heterocycles. The van der Waals surface area contributed by atoms with E-state index in [1.165, 1.54) is 0 Å². The summed E-state index contributed by atoms with van der Waals surface area (Å²) in [5, 5.41) is 0. The number of alkyl halides is 2. The molecule has 4 heteroatoms. The Morgan fingerprint density at radius 2 is 2.00 bits per heavy atom. The second kappa shape index (κ2) is 4.87. The average Bonchev–Trinajstić information content (AvgIpc) is 2.03. The molecule has 0 fully saturated rings. The average molecular weight is 225 g/mol. The van der Waals surface area contributed by atoms with Crippen LogP contribution in [0.2, 0.25) is 0 Å². The summed E-state index contributed by atoms with van der Waals surface area (Å²) in [6, 6.07) is 0. The van der Waals surface area contributed by atoms with Crippen LogP contribution in [-0.2, 0) is 9.53 Å². The second-order valence-corrected chi connectivity index (χ2v) is 4.36. The van der Waals surface area contributed by atoms with Gasteiger partial charge in [0.1, 0.15) is 0 Å². The molecule has 0 N–H and O–H groups in total. The molecule has 0 aliphatic carbocycles. The molecule has 0 amide bonds. The predicted molar refractivity (Wildman–Crippen MR) is 55.0 cm³/mol. The van der Waals surface area contributed by atoms with E-state index in [1.54, 1.807) is 6.92 Å². The van der Waals surface area contributed by atoms with Gasteiger partial charge in [-0.2, -0.15) is 0 Å². The first-order valence-corrected chi connectivity index (χ1v) is 4.83. The zero-order chi connectivity index (χ0) is 10.6. The van der Waals surface area contributed by atoms with E-state index in [2.05, 4.69) is 6.58 Å². The standard InChI is InChI=1S/C9H14Cl2O2/c1-5-13-8(12)7(4)9(10,11)6(2)3/h6H,4-5H2,1-3H3. The van der Waals surface area contributed by atoms with E-state index in [0.717, 1.165) is 0 Å². The van der Waals surface area contributed by atoms with Crippen molar-refractivity contribution in [3.8, 4) is 0 Å². The summed E-state index contributed by atoms with van der Waals surface area (Å²) >= 11 is 11.8. The lowest BCUT2D eigenvalue weighted by Gasteiger charge is -2.24. The number of esters is 1. The van der Waals surface area contributed by atoms with Gasteiger partial charge < -0.3 is 4.74 Å². The zero-order valence-electron chi connectivity index (χ0n) is 8.06. The van der Waals surface area contributed by atoms with E-state index in [0.29, 0.717) is 6.61 Å². The fraction of sp³-hybridized carbons (Fsp3) is 0.667. The van der Waals surface area contributed by atoms with E-state index in [-0.39, 0.29) is 11.5 Å². The van der Waals surface area contributed by atoms with Crippen molar-refractivity contribution >= 4 is 29.2 Å². The molecular formula is C9H14Cl2O2. The van der Waals surface area contributed by atoms with Gasteiger partial charge in [0.15, 0.2) is 4.33 Å². The van der Waals surface area contributed by atoms with E-state index < -0.39 is 10.3 Å². The normalized spacial score (nSPS) is 11.5. The number of carbonyl (C=O) groups is 1. The molecule has 0 aliphatic heterocycles. The molecule has 0 spiro atoms. The maximum absolute atomic E-state index is 11.2. The minimum absolute atomic E-state index is 0.0901. The Kier molecular flexibility index (Phi) is 4.79. The van der Waals surface area contributed by atoms with Crippen molar-refractivity contribution in [3.63, 3.8) is 0 Å². The van der Waals surface area contributed by atoms with Crippen molar-refractivity contribution in [1.82, 2.24) is 0 Å². The fourth-order valence-corrected chi connectivity index (χ4v) is 0.857. The maximum Gasteiger partial charge on any atom is 0.336 e. The van der Waals surface area contributed by atoms with Gasteiger partial charge in [-0.3, -0.25) is 0 Å². The quantitative estimate of drug-likeness (QED) is 0.417. The van der Waals surface area contributed by atoms with E-state index >= 15 is 0 Å². The lowest BCUT2D eigenvalue weighted by atomic mass is 10.0. The van der Waals surface area contributed by atoms with Crippen LogP contribution in [-0.4, -0.2) is 16.9 Å². The molecular weight excluding hydrogens is 211 g/mol. The van der Waals surface area contributed by atoms with Crippen molar-refractivity contribution < 1.29 is 9.53 Å². The second-order valence-electron chi connectivity index (χ2n) is 2.98. The summed E-state index contributed by atoms with van der Waals surface area (Å²) in [4.78, 5) is 11.2. The molecule has 2 nitrogen and oxygen atoms in total. The highest BCUT2D eigenvalue weighted by Gasteiger charge is 2.36. The number of halogens is 2. The van der Waals surface area contributed by atoms with Gasteiger partial charge in [-0.05, 0) is 12.8 Å².